The molecule has 1 atom stereocenters. The summed E-state index contributed by atoms with van der Waals surface area (Å²) in [4.78, 5) is 43.2. The van der Waals surface area contributed by atoms with Gasteiger partial charge < -0.3 is 15.2 Å². The van der Waals surface area contributed by atoms with Gasteiger partial charge in [0.15, 0.2) is 5.17 Å². The minimum Gasteiger partial charge on any atom is -0.497 e. The SMILES string of the molecule is COc1ccc(CN2C(=O)[C@H](CC(=O)Nc3ccc(C(=O)O)cc3)SC2=Nc2ccccc2)cc1. The van der Waals surface area contributed by atoms with Gasteiger partial charge in [0.05, 0.1) is 24.9 Å². The van der Waals surface area contributed by atoms with E-state index in [-0.39, 0.29) is 23.8 Å². The number of carbonyl (C=O) groups is 3. The van der Waals surface area contributed by atoms with Gasteiger partial charge in [-0.3, -0.25) is 14.5 Å². The molecule has 0 unspecified atom stereocenters. The molecule has 1 heterocycles. The van der Waals surface area contributed by atoms with Crippen molar-refractivity contribution in [2.24, 2.45) is 4.99 Å². The number of rotatable bonds is 8. The Bertz CT molecular complexity index is 1240. The highest BCUT2D eigenvalue weighted by Crippen LogP contribution is 2.33. The van der Waals surface area contributed by atoms with Crippen LogP contribution >= 0.6 is 11.8 Å². The average molecular weight is 490 g/mol. The van der Waals surface area contributed by atoms with E-state index >= 15 is 0 Å². The number of ether oxygens (including phenoxy) is 1. The van der Waals surface area contributed by atoms with Crippen LogP contribution in [0.1, 0.15) is 22.3 Å². The van der Waals surface area contributed by atoms with Crippen LogP contribution in [0.25, 0.3) is 0 Å². The van der Waals surface area contributed by atoms with Gasteiger partial charge in [-0.05, 0) is 54.1 Å². The Morgan fingerprint density at radius 2 is 1.71 bits per heavy atom. The molecular weight excluding hydrogens is 466 g/mol. The molecule has 1 saturated heterocycles. The topological polar surface area (TPSA) is 108 Å². The zero-order valence-corrected chi connectivity index (χ0v) is 19.7. The number of aliphatic imine (C=N–C) groups is 1. The van der Waals surface area contributed by atoms with Crippen molar-refractivity contribution in [3.05, 3.63) is 90.0 Å². The molecule has 178 valence electrons. The van der Waals surface area contributed by atoms with Crippen molar-refractivity contribution in [1.82, 2.24) is 4.90 Å². The third-order valence-corrected chi connectivity index (χ3v) is 6.46. The summed E-state index contributed by atoms with van der Waals surface area (Å²) in [5, 5.41) is 11.6. The van der Waals surface area contributed by atoms with Gasteiger partial charge in [0, 0.05) is 12.1 Å². The fourth-order valence-electron chi connectivity index (χ4n) is 3.47. The first kappa shape index (κ1) is 24.0. The maximum atomic E-state index is 13.3. The molecule has 3 aromatic rings. The summed E-state index contributed by atoms with van der Waals surface area (Å²) in [5.74, 6) is -0.862. The Kier molecular flexibility index (Phi) is 7.47. The Morgan fingerprint density at radius 3 is 2.34 bits per heavy atom. The lowest BCUT2D eigenvalue weighted by atomic mass is 10.2. The number of nitrogens with zero attached hydrogens (tertiary/aromatic N) is 2. The number of aromatic carboxylic acids is 1. The number of nitrogens with one attached hydrogen (secondary N) is 1. The highest BCUT2D eigenvalue weighted by Gasteiger charge is 2.39. The highest BCUT2D eigenvalue weighted by molar-refractivity contribution is 8.15. The third-order valence-electron chi connectivity index (χ3n) is 5.29. The largest absolute Gasteiger partial charge is 0.497 e. The molecule has 0 bridgehead atoms. The summed E-state index contributed by atoms with van der Waals surface area (Å²) >= 11 is 1.26. The van der Waals surface area contributed by atoms with Crippen molar-refractivity contribution < 1.29 is 24.2 Å². The highest BCUT2D eigenvalue weighted by atomic mass is 32.2. The molecule has 35 heavy (non-hydrogen) atoms. The quantitative estimate of drug-likeness (QED) is 0.480. The minimum atomic E-state index is -1.04. The molecule has 1 aliphatic heterocycles. The Labute approximate surface area is 206 Å². The normalized spacial score (nSPS) is 16.4. The van der Waals surface area contributed by atoms with Gasteiger partial charge in [0.25, 0.3) is 0 Å². The smallest absolute Gasteiger partial charge is 0.335 e. The molecule has 0 spiro atoms. The Hall–Kier alpha value is -4.11. The van der Waals surface area contributed by atoms with Crippen LogP contribution < -0.4 is 10.1 Å². The number of amides is 2. The van der Waals surface area contributed by atoms with E-state index in [0.29, 0.717) is 23.1 Å². The molecule has 0 saturated carbocycles. The van der Waals surface area contributed by atoms with Crippen LogP contribution in [-0.4, -0.2) is 45.3 Å². The first-order valence-corrected chi connectivity index (χ1v) is 11.7. The van der Waals surface area contributed by atoms with Gasteiger partial charge in [0.2, 0.25) is 11.8 Å². The van der Waals surface area contributed by atoms with Crippen LogP contribution in [0.15, 0.2) is 83.9 Å². The maximum absolute atomic E-state index is 13.3. The Balaban J connectivity index is 1.50. The van der Waals surface area contributed by atoms with Crippen molar-refractivity contribution in [2.45, 2.75) is 18.2 Å². The predicted octanol–water partition coefficient (Wildman–Crippen LogP) is 4.55. The second kappa shape index (κ2) is 10.9. The second-order valence-electron chi connectivity index (χ2n) is 7.74. The van der Waals surface area contributed by atoms with E-state index in [1.807, 2.05) is 54.6 Å². The number of carbonyl (C=O) groups excluding carboxylic acids is 2. The lowest BCUT2D eigenvalue weighted by molar-refractivity contribution is -0.128. The van der Waals surface area contributed by atoms with Gasteiger partial charge in [0.1, 0.15) is 11.0 Å². The number of methoxy groups -OCH3 is 1. The fraction of sp³-hybridized carbons (Fsp3) is 0.154. The van der Waals surface area contributed by atoms with Crippen molar-refractivity contribution in [3.63, 3.8) is 0 Å². The van der Waals surface area contributed by atoms with Crippen molar-refractivity contribution >= 4 is 46.1 Å². The summed E-state index contributed by atoms with van der Waals surface area (Å²) in [6.45, 7) is 0.316. The fourth-order valence-corrected chi connectivity index (χ4v) is 4.63. The summed E-state index contributed by atoms with van der Waals surface area (Å²) in [7, 11) is 1.59. The summed E-state index contributed by atoms with van der Waals surface area (Å²) in [6.07, 6.45) is -0.0445. The van der Waals surface area contributed by atoms with Crippen LogP contribution in [0.3, 0.4) is 0 Å². The molecular formula is C26H23N3O5S. The molecule has 9 heteroatoms. The molecule has 0 radical (unpaired) electrons. The van der Waals surface area contributed by atoms with Gasteiger partial charge in [-0.1, -0.05) is 42.1 Å². The molecule has 2 amide bonds. The number of thioether (sulfide) groups is 1. The van der Waals surface area contributed by atoms with Crippen LogP contribution in [0, 0.1) is 0 Å². The van der Waals surface area contributed by atoms with Crippen molar-refractivity contribution in [3.8, 4) is 5.75 Å². The van der Waals surface area contributed by atoms with Gasteiger partial charge >= 0.3 is 5.97 Å². The molecule has 8 nitrogen and oxygen atoms in total. The number of anilines is 1. The van der Waals surface area contributed by atoms with Crippen molar-refractivity contribution in [1.29, 1.82) is 0 Å². The predicted molar refractivity (Wildman–Crippen MR) is 135 cm³/mol. The average Bonchev–Trinajstić information content (AvgIpc) is 3.14. The van der Waals surface area contributed by atoms with E-state index < -0.39 is 11.2 Å². The standard InChI is InChI=1S/C26H23N3O5S/c1-34-21-13-7-17(8-14-21)16-29-24(31)22(35-26(29)28-19-5-3-2-4-6-19)15-23(30)27-20-11-9-18(10-12-20)25(32)33/h2-14,22H,15-16H2,1H3,(H,27,30)(H,32,33)/t22-/m0/s1. The van der Waals surface area contributed by atoms with Gasteiger partial charge in [-0.25, -0.2) is 9.79 Å². The van der Waals surface area contributed by atoms with Crippen LogP contribution in [0.5, 0.6) is 5.75 Å². The van der Waals surface area contributed by atoms with E-state index in [9.17, 15) is 14.4 Å². The minimum absolute atomic E-state index is 0.0445. The molecule has 1 fully saturated rings. The molecule has 2 N–H and O–H groups in total. The number of hydrogen-bond acceptors (Lipinski definition) is 6. The number of amidine groups is 1. The van der Waals surface area contributed by atoms with Gasteiger partial charge in [-0.15, -0.1) is 0 Å². The number of benzene rings is 3. The first-order valence-electron chi connectivity index (χ1n) is 10.8. The van der Waals surface area contributed by atoms with Crippen LogP contribution in [0.2, 0.25) is 0 Å². The number of carboxylic acid groups (broad SMARTS) is 1. The molecule has 1 aliphatic rings. The van der Waals surface area contributed by atoms with E-state index in [1.54, 1.807) is 12.0 Å². The first-order chi connectivity index (χ1) is 16.9. The van der Waals surface area contributed by atoms with E-state index in [1.165, 1.54) is 36.0 Å². The summed E-state index contributed by atoms with van der Waals surface area (Å²) in [6, 6.07) is 22.6. The van der Waals surface area contributed by atoms with Crippen molar-refractivity contribution in [2.75, 3.05) is 12.4 Å². The van der Waals surface area contributed by atoms with Crippen LogP contribution in [0.4, 0.5) is 11.4 Å². The molecule has 4 rings (SSSR count). The lowest BCUT2D eigenvalue weighted by Crippen LogP contribution is -2.33. The number of carboxylic acids is 1. The summed E-state index contributed by atoms with van der Waals surface area (Å²) in [5.41, 5.74) is 2.21. The molecule has 0 aliphatic carbocycles. The molecule has 0 aromatic heterocycles. The zero-order chi connectivity index (χ0) is 24.8. The number of para-hydroxylation sites is 1. The van der Waals surface area contributed by atoms with E-state index in [4.69, 9.17) is 9.84 Å². The van der Waals surface area contributed by atoms with E-state index in [2.05, 4.69) is 10.3 Å². The monoisotopic (exact) mass is 489 g/mol. The number of hydrogen-bond donors (Lipinski definition) is 2. The van der Waals surface area contributed by atoms with Crippen LogP contribution in [-0.2, 0) is 16.1 Å². The second-order valence-corrected chi connectivity index (χ2v) is 8.91. The maximum Gasteiger partial charge on any atom is 0.335 e. The molecule has 3 aromatic carbocycles. The summed E-state index contributed by atoms with van der Waals surface area (Å²) < 4.78 is 5.21. The lowest BCUT2D eigenvalue weighted by Gasteiger charge is -2.17. The van der Waals surface area contributed by atoms with Gasteiger partial charge in [-0.2, -0.15) is 0 Å². The zero-order valence-electron chi connectivity index (χ0n) is 18.9. The Morgan fingerprint density at radius 1 is 1.03 bits per heavy atom. The van der Waals surface area contributed by atoms with E-state index in [0.717, 1.165) is 11.3 Å². The third kappa shape index (κ3) is 6.07.